The van der Waals surface area contributed by atoms with E-state index < -0.39 is 6.04 Å². The quantitative estimate of drug-likeness (QED) is 0.852. The lowest BCUT2D eigenvalue weighted by Crippen LogP contribution is -2.38. The van der Waals surface area contributed by atoms with E-state index in [2.05, 4.69) is 10.6 Å². The van der Waals surface area contributed by atoms with Gasteiger partial charge in [-0.3, -0.25) is 10.1 Å². The van der Waals surface area contributed by atoms with Crippen LogP contribution in [0.3, 0.4) is 0 Å². The molecule has 1 aliphatic carbocycles. The number of rotatable bonds is 6. The molecule has 0 spiro atoms. The van der Waals surface area contributed by atoms with Crippen molar-refractivity contribution in [3.63, 3.8) is 0 Å². The molecule has 1 aliphatic rings. The van der Waals surface area contributed by atoms with Crippen molar-refractivity contribution in [3.05, 3.63) is 70.8 Å². The second-order valence-corrected chi connectivity index (χ2v) is 6.23. The number of hydrogen-bond acceptors (Lipinski definition) is 2. The summed E-state index contributed by atoms with van der Waals surface area (Å²) in [6.07, 6.45) is 2.00. The van der Waals surface area contributed by atoms with Gasteiger partial charge in [0.1, 0.15) is 17.7 Å². The van der Waals surface area contributed by atoms with E-state index in [4.69, 9.17) is 0 Å². The van der Waals surface area contributed by atoms with Gasteiger partial charge in [-0.1, -0.05) is 24.3 Å². The van der Waals surface area contributed by atoms with E-state index in [1.807, 2.05) is 0 Å². The molecule has 0 saturated heterocycles. The van der Waals surface area contributed by atoms with Crippen LogP contribution in [0.25, 0.3) is 0 Å². The Hall–Kier alpha value is -2.27. The molecule has 1 amide bonds. The molecule has 5 heteroatoms. The summed E-state index contributed by atoms with van der Waals surface area (Å²) in [6, 6.07) is 10.4. The van der Waals surface area contributed by atoms with Crippen LogP contribution in [-0.4, -0.2) is 11.9 Å². The number of carbonyl (C=O) groups is 1. The SMILES string of the molecule is Cc1cc(CN[C@@H](C(=O)NC2CC2)c2ccc(F)cc2)ccc1F. The zero-order valence-electron chi connectivity index (χ0n) is 13.5. The summed E-state index contributed by atoms with van der Waals surface area (Å²) in [5.74, 6) is -0.711. The maximum atomic E-state index is 13.4. The van der Waals surface area contributed by atoms with Crippen LogP contribution in [0.1, 0.15) is 35.6 Å². The average Bonchev–Trinajstić information content (AvgIpc) is 3.36. The van der Waals surface area contributed by atoms with Gasteiger partial charge in [0, 0.05) is 12.6 Å². The highest BCUT2D eigenvalue weighted by Crippen LogP contribution is 2.22. The first-order chi connectivity index (χ1) is 11.5. The Morgan fingerprint density at radius 3 is 2.50 bits per heavy atom. The van der Waals surface area contributed by atoms with Gasteiger partial charge in [0.2, 0.25) is 5.91 Å². The summed E-state index contributed by atoms with van der Waals surface area (Å²) < 4.78 is 26.5. The first-order valence-corrected chi connectivity index (χ1v) is 8.07. The molecular weight excluding hydrogens is 310 g/mol. The first-order valence-electron chi connectivity index (χ1n) is 8.07. The van der Waals surface area contributed by atoms with Crippen LogP contribution in [0.2, 0.25) is 0 Å². The van der Waals surface area contributed by atoms with E-state index in [9.17, 15) is 13.6 Å². The Kier molecular flexibility index (Phi) is 4.90. The lowest BCUT2D eigenvalue weighted by Gasteiger charge is -2.19. The molecule has 0 bridgehead atoms. The lowest BCUT2D eigenvalue weighted by atomic mass is 10.0. The zero-order chi connectivity index (χ0) is 17.1. The van der Waals surface area contributed by atoms with Crippen molar-refractivity contribution in [1.29, 1.82) is 0 Å². The molecule has 2 aromatic rings. The lowest BCUT2D eigenvalue weighted by molar-refractivity contribution is -0.123. The third-order valence-electron chi connectivity index (χ3n) is 4.12. The van der Waals surface area contributed by atoms with Crippen molar-refractivity contribution in [1.82, 2.24) is 10.6 Å². The molecule has 3 nitrogen and oxygen atoms in total. The number of nitrogens with one attached hydrogen (secondary N) is 2. The fourth-order valence-electron chi connectivity index (χ4n) is 2.57. The molecule has 1 saturated carbocycles. The maximum Gasteiger partial charge on any atom is 0.241 e. The monoisotopic (exact) mass is 330 g/mol. The van der Waals surface area contributed by atoms with Crippen LogP contribution in [0.5, 0.6) is 0 Å². The van der Waals surface area contributed by atoms with Gasteiger partial charge in [-0.15, -0.1) is 0 Å². The minimum absolute atomic E-state index is 0.122. The molecule has 0 radical (unpaired) electrons. The Morgan fingerprint density at radius 2 is 1.88 bits per heavy atom. The minimum Gasteiger partial charge on any atom is -0.352 e. The van der Waals surface area contributed by atoms with Gasteiger partial charge in [-0.05, 0) is 54.7 Å². The Balaban J connectivity index is 1.74. The molecule has 0 heterocycles. The summed E-state index contributed by atoms with van der Waals surface area (Å²) >= 11 is 0. The number of benzene rings is 2. The van der Waals surface area contributed by atoms with E-state index >= 15 is 0 Å². The number of hydrogen-bond donors (Lipinski definition) is 2. The van der Waals surface area contributed by atoms with Gasteiger partial charge in [0.05, 0.1) is 0 Å². The maximum absolute atomic E-state index is 13.4. The van der Waals surface area contributed by atoms with E-state index in [0.717, 1.165) is 18.4 Å². The van der Waals surface area contributed by atoms with Crippen molar-refractivity contribution in [3.8, 4) is 0 Å². The topological polar surface area (TPSA) is 41.1 Å². The number of halogens is 2. The zero-order valence-corrected chi connectivity index (χ0v) is 13.5. The first kappa shape index (κ1) is 16.6. The van der Waals surface area contributed by atoms with Gasteiger partial charge in [-0.2, -0.15) is 0 Å². The van der Waals surface area contributed by atoms with Crippen LogP contribution >= 0.6 is 0 Å². The molecule has 3 rings (SSSR count). The van der Waals surface area contributed by atoms with Crippen molar-refractivity contribution in [2.24, 2.45) is 0 Å². The van der Waals surface area contributed by atoms with Crippen LogP contribution in [-0.2, 0) is 11.3 Å². The van der Waals surface area contributed by atoms with E-state index in [0.29, 0.717) is 17.7 Å². The number of carbonyl (C=O) groups excluding carboxylic acids is 1. The predicted octanol–water partition coefficient (Wildman–Crippen LogP) is 3.38. The molecule has 1 atom stereocenters. The van der Waals surface area contributed by atoms with E-state index in [1.54, 1.807) is 31.2 Å². The summed E-state index contributed by atoms with van der Waals surface area (Å²) in [5.41, 5.74) is 2.16. The third kappa shape index (κ3) is 4.17. The molecule has 0 aromatic heterocycles. The molecular formula is C19H20F2N2O. The fourth-order valence-corrected chi connectivity index (χ4v) is 2.57. The second-order valence-electron chi connectivity index (χ2n) is 6.23. The van der Waals surface area contributed by atoms with Gasteiger partial charge >= 0.3 is 0 Å². The molecule has 2 aromatic carbocycles. The Bertz CT molecular complexity index is 727. The van der Waals surface area contributed by atoms with Gasteiger partial charge in [0.15, 0.2) is 0 Å². The summed E-state index contributed by atoms with van der Waals surface area (Å²) in [4.78, 5) is 12.5. The highest BCUT2D eigenvalue weighted by molar-refractivity contribution is 5.83. The smallest absolute Gasteiger partial charge is 0.241 e. The standard InChI is InChI=1S/C19H20F2N2O/c1-12-10-13(2-9-17(12)21)11-22-18(19(24)23-16-7-8-16)14-3-5-15(20)6-4-14/h2-6,9-10,16,18,22H,7-8,11H2,1H3,(H,23,24)/t18-/m1/s1. The molecule has 0 aliphatic heterocycles. The van der Waals surface area contributed by atoms with E-state index in [1.165, 1.54) is 18.2 Å². The third-order valence-corrected chi connectivity index (χ3v) is 4.12. The Labute approximate surface area is 140 Å². The van der Waals surface area contributed by atoms with Crippen LogP contribution in [0.15, 0.2) is 42.5 Å². The van der Waals surface area contributed by atoms with Crippen LogP contribution in [0, 0.1) is 18.6 Å². The van der Waals surface area contributed by atoms with Crippen molar-refractivity contribution < 1.29 is 13.6 Å². The number of amides is 1. The predicted molar refractivity (Wildman–Crippen MR) is 88.3 cm³/mol. The second kappa shape index (κ2) is 7.09. The minimum atomic E-state index is -0.573. The normalized spacial score (nSPS) is 15.1. The molecule has 2 N–H and O–H groups in total. The van der Waals surface area contributed by atoms with Gasteiger partial charge < -0.3 is 5.32 Å². The summed E-state index contributed by atoms with van der Waals surface area (Å²) in [7, 11) is 0. The summed E-state index contributed by atoms with van der Waals surface area (Å²) in [5, 5.41) is 6.16. The Morgan fingerprint density at radius 1 is 1.17 bits per heavy atom. The highest BCUT2D eigenvalue weighted by Gasteiger charge is 2.28. The van der Waals surface area contributed by atoms with Crippen LogP contribution in [0.4, 0.5) is 8.78 Å². The number of aryl methyl sites for hydroxylation is 1. The molecule has 0 unspecified atom stereocenters. The van der Waals surface area contributed by atoms with Gasteiger partial charge in [-0.25, -0.2) is 8.78 Å². The van der Waals surface area contributed by atoms with Crippen molar-refractivity contribution >= 4 is 5.91 Å². The van der Waals surface area contributed by atoms with E-state index in [-0.39, 0.29) is 23.6 Å². The van der Waals surface area contributed by atoms with Gasteiger partial charge in [0.25, 0.3) is 0 Å². The molecule has 24 heavy (non-hydrogen) atoms. The average molecular weight is 330 g/mol. The van der Waals surface area contributed by atoms with Crippen LogP contribution < -0.4 is 10.6 Å². The van der Waals surface area contributed by atoms with Crippen molar-refractivity contribution in [2.75, 3.05) is 0 Å². The highest BCUT2D eigenvalue weighted by atomic mass is 19.1. The fraction of sp³-hybridized carbons (Fsp3) is 0.316. The largest absolute Gasteiger partial charge is 0.352 e. The van der Waals surface area contributed by atoms with Crippen molar-refractivity contribution in [2.45, 2.75) is 38.4 Å². The summed E-state index contributed by atoms with van der Waals surface area (Å²) in [6.45, 7) is 2.12. The molecule has 1 fully saturated rings. The molecule has 126 valence electrons.